The average Bonchev–Trinajstić information content (AvgIpc) is 3.08. The fourth-order valence-electron chi connectivity index (χ4n) is 3.01. The van der Waals surface area contributed by atoms with Gasteiger partial charge in [-0.15, -0.1) is 0 Å². The maximum Gasteiger partial charge on any atom is 0.168 e. The molecular weight excluding hydrogens is 280 g/mol. The molecule has 0 bridgehead atoms. The fourth-order valence-corrected chi connectivity index (χ4v) is 4.22. The summed E-state index contributed by atoms with van der Waals surface area (Å²) in [6.07, 6.45) is 0. The molecule has 4 heteroatoms. The number of aryl methyl sites for hydroxylation is 1. The summed E-state index contributed by atoms with van der Waals surface area (Å²) >= 11 is 1.84. The van der Waals surface area contributed by atoms with Crippen LogP contribution in [0.4, 0.5) is 0 Å². The number of furan rings is 1. The number of amidine groups is 1. The van der Waals surface area contributed by atoms with E-state index in [-0.39, 0.29) is 0 Å². The Bertz CT molecular complexity index is 785. The van der Waals surface area contributed by atoms with Crippen LogP contribution in [0.5, 0.6) is 0 Å². The number of fused-ring (bicyclic) bond motifs is 2. The van der Waals surface area contributed by atoms with Crippen molar-refractivity contribution in [2.75, 3.05) is 13.1 Å². The highest BCUT2D eigenvalue weighted by molar-refractivity contribution is 8.17. The summed E-state index contributed by atoms with van der Waals surface area (Å²) in [5.41, 5.74) is 3.57. The van der Waals surface area contributed by atoms with Gasteiger partial charge in [-0.3, -0.25) is 4.99 Å². The van der Waals surface area contributed by atoms with Crippen molar-refractivity contribution in [1.29, 1.82) is 0 Å². The summed E-state index contributed by atoms with van der Waals surface area (Å²) < 4.78 is 5.69. The van der Waals surface area contributed by atoms with Crippen molar-refractivity contribution in [2.24, 2.45) is 10.9 Å². The Morgan fingerprint density at radius 2 is 2.14 bits per heavy atom. The molecule has 0 unspecified atom stereocenters. The van der Waals surface area contributed by atoms with Crippen molar-refractivity contribution < 1.29 is 4.42 Å². The molecule has 0 saturated heterocycles. The first-order valence-electron chi connectivity index (χ1n) is 7.38. The maximum absolute atomic E-state index is 5.69. The van der Waals surface area contributed by atoms with Gasteiger partial charge in [0, 0.05) is 16.8 Å². The second-order valence-electron chi connectivity index (χ2n) is 5.90. The largest absolute Gasteiger partial charge is 0.461 e. The van der Waals surface area contributed by atoms with Gasteiger partial charge in [-0.1, -0.05) is 25.6 Å². The molecule has 1 aromatic heterocycles. The Balaban J connectivity index is 1.87. The average molecular weight is 298 g/mol. The van der Waals surface area contributed by atoms with Crippen LogP contribution in [-0.4, -0.2) is 23.2 Å². The van der Waals surface area contributed by atoms with Crippen molar-refractivity contribution in [1.82, 2.24) is 4.90 Å². The summed E-state index contributed by atoms with van der Waals surface area (Å²) in [7, 11) is 0. The Morgan fingerprint density at radius 1 is 1.29 bits per heavy atom. The zero-order chi connectivity index (χ0) is 14.6. The topological polar surface area (TPSA) is 28.7 Å². The fraction of sp³-hybridized carbons (Fsp3) is 0.353. The highest BCUT2D eigenvalue weighted by atomic mass is 32.2. The number of aliphatic imine (C=N–C) groups is 1. The normalized spacial score (nSPS) is 18.1. The lowest BCUT2D eigenvalue weighted by Gasteiger charge is -2.18. The Kier molecular flexibility index (Phi) is 2.89. The van der Waals surface area contributed by atoms with Gasteiger partial charge in [-0.05, 0) is 42.7 Å². The highest BCUT2D eigenvalue weighted by Gasteiger charge is 2.34. The SMILES string of the molecule is Cc1cc2cc(C3=C(C(C)C)SC4=NCCN43)ccc2o1. The zero-order valence-corrected chi connectivity index (χ0v) is 13.3. The van der Waals surface area contributed by atoms with E-state index in [1.54, 1.807) is 0 Å². The molecular formula is C17H18N2OS. The number of benzene rings is 1. The molecule has 0 aliphatic carbocycles. The number of allylic oxidation sites excluding steroid dienone is 1. The standard InChI is InChI=1S/C17H18N2OS/c1-10(2)16-15(19-7-6-18-17(19)21-16)12-4-5-14-13(9-12)8-11(3)20-14/h4-5,8-10H,6-7H2,1-3H3. The van der Waals surface area contributed by atoms with Gasteiger partial charge in [0.05, 0.1) is 12.2 Å². The molecule has 0 atom stereocenters. The van der Waals surface area contributed by atoms with E-state index in [4.69, 9.17) is 4.42 Å². The minimum Gasteiger partial charge on any atom is -0.461 e. The van der Waals surface area contributed by atoms with Crippen molar-refractivity contribution in [3.63, 3.8) is 0 Å². The van der Waals surface area contributed by atoms with E-state index >= 15 is 0 Å². The van der Waals surface area contributed by atoms with E-state index in [9.17, 15) is 0 Å². The van der Waals surface area contributed by atoms with Gasteiger partial charge in [0.2, 0.25) is 0 Å². The maximum atomic E-state index is 5.69. The zero-order valence-electron chi connectivity index (χ0n) is 12.5. The molecule has 0 radical (unpaired) electrons. The lowest BCUT2D eigenvalue weighted by atomic mass is 10.0. The Labute approximate surface area is 128 Å². The molecule has 2 aliphatic heterocycles. The lowest BCUT2D eigenvalue weighted by molar-refractivity contribution is 0.578. The van der Waals surface area contributed by atoms with Crippen molar-refractivity contribution in [3.05, 3.63) is 40.5 Å². The summed E-state index contributed by atoms with van der Waals surface area (Å²) in [6, 6.07) is 8.60. The summed E-state index contributed by atoms with van der Waals surface area (Å²) in [5.74, 6) is 1.48. The molecule has 0 saturated carbocycles. The van der Waals surface area contributed by atoms with Gasteiger partial charge in [-0.2, -0.15) is 0 Å². The molecule has 108 valence electrons. The summed E-state index contributed by atoms with van der Waals surface area (Å²) in [4.78, 5) is 8.41. The van der Waals surface area contributed by atoms with E-state index < -0.39 is 0 Å². The number of rotatable bonds is 2. The molecule has 3 heterocycles. The number of hydrogen-bond acceptors (Lipinski definition) is 4. The van der Waals surface area contributed by atoms with Gasteiger partial charge in [0.25, 0.3) is 0 Å². The predicted molar refractivity (Wildman–Crippen MR) is 89.3 cm³/mol. The molecule has 0 N–H and O–H groups in total. The van der Waals surface area contributed by atoms with E-state index in [1.807, 2.05) is 18.7 Å². The minimum atomic E-state index is 0.514. The molecule has 3 nitrogen and oxygen atoms in total. The first kappa shape index (κ1) is 13.0. The quantitative estimate of drug-likeness (QED) is 0.818. The van der Waals surface area contributed by atoms with Gasteiger partial charge < -0.3 is 9.32 Å². The first-order chi connectivity index (χ1) is 10.1. The number of nitrogens with zero attached hydrogens (tertiary/aromatic N) is 2. The molecule has 0 spiro atoms. The van der Waals surface area contributed by atoms with Gasteiger partial charge in [-0.25, -0.2) is 0 Å². The van der Waals surface area contributed by atoms with Crippen LogP contribution in [0.2, 0.25) is 0 Å². The smallest absolute Gasteiger partial charge is 0.168 e. The third kappa shape index (κ3) is 2.01. The molecule has 2 aromatic rings. The Hall–Kier alpha value is -1.68. The molecule has 21 heavy (non-hydrogen) atoms. The second-order valence-corrected chi connectivity index (χ2v) is 6.90. The van der Waals surface area contributed by atoms with Crippen LogP contribution < -0.4 is 0 Å². The third-order valence-electron chi connectivity index (χ3n) is 3.94. The van der Waals surface area contributed by atoms with E-state index in [2.05, 4.69) is 48.0 Å². The van der Waals surface area contributed by atoms with Gasteiger partial charge >= 0.3 is 0 Å². The van der Waals surface area contributed by atoms with Crippen LogP contribution in [-0.2, 0) is 0 Å². The van der Waals surface area contributed by atoms with Crippen LogP contribution in [0.25, 0.3) is 16.7 Å². The van der Waals surface area contributed by atoms with E-state index in [0.29, 0.717) is 5.92 Å². The number of thioether (sulfide) groups is 1. The molecule has 2 aliphatic rings. The molecule has 4 rings (SSSR count). The highest BCUT2D eigenvalue weighted by Crippen LogP contribution is 2.45. The summed E-state index contributed by atoms with van der Waals surface area (Å²) in [6.45, 7) is 8.41. The van der Waals surface area contributed by atoms with Crippen LogP contribution >= 0.6 is 11.8 Å². The van der Waals surface area contributed by atoms with E-state index in [1.165, 1.54) is 21.6 Å². The van der Waals surface area contributed by atoms with Crippen molar-refractivity contribution in [2.45, 2.75) is 20.8 Å². The molecule has 0 amide bonds. The van der Waals surface area contributed by atoms with Gasteiger partial charge in [0.15, 0.2) is 5.17 Å². The van der Waals surface area contributed by atoms with Gasteiger partial charge in [0.1, 0.15) is 11.3 Å². The van der Waals surface area contributed by atoms with Crippen molar-refractivity contribution in [3.8, 4) is 0 Å². The Morgan fingerprint density at radius 3 is 2.95 bits per heavy atom. The first-order valence-corrected chi connectivity index (χ1v) is 8.20. The van der Waals surface area contributed by atoms with Crippen LogP contribution in [0.15, 0.2) is 38.6 Å². The van der Waals surface area contributed by atoms with E-state index in [0.717, 1.165) is 29.6 Å². The van der Waals surface area contributed by atoms with Crippen LogP contribution in [0.1, 0.15) is 25.2 Å². The van der Waals surface area contributed by atoms with Crippen molar-refractivity contribution >= 4 is 33.6 Å². The molecule has 0 fully saturated rings. The predicted octanol–water partition coefficient (Wildman–Crippen LogP) is 4.48. The second kappa shape index (κ2) is 4.67. The molecule has 1 aromatic carbocycles. The minimum absolute atomic E-state index is 0.514. The van der Waals surface area contributed by atoms with Crippen LogP contribution in [0, 0.1) is 12.8 Å². The van der Waals surface area contributed by atoms with Crippen LogP contribution in [0.3, 0.4) is 0 Å². The third-order valence-corrected chi connectivity index (χ3v) is 5.36. The summed E-state index contributed by atoms with van der Waals surface area (Å²) in [5, 5.41) is 2.34. The monoisotopic (exact) mass is 298 g/mol. The lowest BCUT2D eigenvalue weighted by Crippen LogP contribution is -2.20. The number of hydrogen-bond donors (Lipinski definition) is 0.